The SMILES string of the molecule is CCc1nc([C@@H]2CN(Cc3cn4c(C)cccc4n3)CCO2)n[nH]1. The second-order valence-corrected chi connectivity index (χ2v) is 6.22. The first-order valence-electron chi connectivity index (χ1n) is 8.41. The molecule has 0 spiro atoms. The Balaban J connectivity index is 1.48. The van der Waals surface area contributed by atoms with E-state index in [-0.39, 0.29) is 6.10 Å². The Labute approximate surface area is 140 Å². The number of aromatic nitrogens is 5. The van der Waals surface area contributed by atoms with Gasteiger partial charge in [-0.2, -0.15) is 5.10 Å². The van der Waals surface area contributed by atoms with E-state index < -0.39 is 0 Å². The third-order valence-electron chi connectivity index (χ3n) is 4.45. The van der Waals surface area contributed by atoms with Crippen molar-refractivity contribution in [3.63, 3.8) is 0 Å². The van der Waals surface area contributed by atoms with Crippen LogP contribution in [0.3, 0.4) is 0 Å². The molecular weight excluding hydrogens is 304 g/mol. The summed E-state index contributed by atoms with van der Waals surface area (Å²) in [6, 6.07) is 6.18. The Hall–Kier alpha value is -2.25. The number of nitrogens with one attached hydrogen (secondary N) is 1. The summed E-state index contributed by atoms with van der Waals surface area (Å²) in [4.78, 5) is 11.6. The van der Waals surface area contributed by atoms with Crippen LogP contribution in [0.2, 0.25) is 0 Å². The average molecular weight is 326 g/mol. The van der Waals surface area contributed by atoms with Crippen molar-refractivity contribution in [2.45, 2.75) is 32.9 Å². The van der Waals surface area contributed by atoms with Crippen LogP contribution in [-0.2, 0) is 17.7 Å². The molecule has 0 unspecified atom stereocenters. The monoisotopic (exact) mass is 326 g/mol. The summed E-state index contributed by atoms with van der Waals surface area (Å²) in [5.74, 6) is 1.66. The zero-order valence-electron chi connectivity index (χ0n) is 14.1. The van der Waals surface area contributed by atoms with Crippen LogP contribution in [0.15, 0.2) is 24.4 Å². The van der Waals surface area contributed by atoms with E-state index in [0.717, 1.165) is 49.0 Å². The van der Waals surface area contributed by atoms with Gasteiger partial charge in [0.1, 0.15) is 17.6 Å². The molecule has 1 saturated heterocycles. The molecule has 1 aliphatic rings. The van der Waals surface area contributed by atoms with Crippen molar-refractivity contribution in [3.05, 3.63) is 47.4 Å². The van der Waals surface area contributed by atoms with Crippen molar-refractivity contribution < 1.29 is 4.74 Å². The third kappa shape index (κ3) is 2.92. The molecule has 4 rings (SSSR count). The standard InChI is InChI=1S/C17H22N6O/c1-3-15-19-17(21-20-15)14-11-22(7-8-24-14)9-13-10-23-12(2)5-4-6-16(23)18-13/h4-6,10,14H,3,7-9,11H2,1-2H3,(H,19,20,21)/t14-/m0/s1. The topological polar surface area (TPSA) is 71.3 Å². The van der Waals surface area contributed by atoms with Gasteiger partial charge < -0.3 is 9.14 Å². The molecule has 4 heterocycles. The van der Waals surface area contributed by atoms with Gasteiger partial charge in [0.25, 0.3) is 0 Å². The number of nitrogens with zero attached hydrogens (tertiary/aromatic N) is 5. The van der Waals surface area contributed by atoms with Crippen molar-refractivity contribution in [1.29, 1.82) is 0 Å². The first-order valence-corrected chi connectivity index (χ1v) is 8.41. The van der Waals surface area contributed by atoms with Crippen LogP contribution in [0.1, 0.15) is 36.1 Å². The molecular formula is C17H22N6O. The molecule has 7 heteroatoms. The highest BCUT2D eigenvalue weighted by Crippen LogP contribution is 2.21. The van der Waals surface area contributed by atoms with Gasteiger partial charge >= 0.3 is 0 Å². The van der Waals surface area contributed by atoms with E-state index in [9.17, 15) is 0 Å². The van der Waals surface area contributed by atoms with Gasteiger partial charge in [-0.1, -0.05) is 13.0 Å². The van der Waals surface area contributed by atoms with Crippen LogP contribution >= 0.6 is 0 Å². The fourth-order valence-electron chi connectivity index (χ4n) is 3.12. The molecule has 0 aliphatic carbocycles. The van der Waals surface area contributed by atoms with Crippen molar-refractivity contribution in [3.8, 4) is 0 Å². The Morgan fingerprint density at radius 2 is 2.25 bits per heavy atom. The lowest BCUT2D eigenvalue weighted by Crippen LogP contribution is -2.38. The summed E-state index contributed by atoms with van der Waals surface area (Å²) < 4.78 is 7.99. The maximum absolute atomic E-state index is 5.86. The van der Waals surface area contributed by atoms with E-state index in [1.165, 1.54) is 5.69 Å². The molecule has 7 nitrogen and oxygen atoms in total. The lowest BCUT2D eigenvalue weighted by molar-refractivity contribution is -0.0373. The number of pyridine rings is 1. The van der Waals surface area contributed by atoms with E-state index in [1.54, 1.807) is 0 Å². The smallest absolute Gasteiger partial charge is 0.180 e. The number of aryl methyl sites for hydroxylation is 2. The molecule has 3 aromatic rings. The number of H-pyrrole nitrogens is 1. The zero-order chi connectivity index (χ0) is 16.5. The first-order chi connectivity index (χ1) is 11.7. The molecule has 0 saturated carbocycles. The third-order valence-corrected chi connectivity index (χ3v) is 4.45. The molecule has 0 bridgehead atoms. The second-order valence-electron chi connectivity index (χ2n) is 6.22. The highest BCUT2D eigenvalue weighted by molar-refractivity contribution is 5.41. The molecule has 1 fully saturated rings. The van der Waals surface area contributed by atoms with Crippen LogP contribution in [0.4, 0.5) is 0 Å². The van der Waals surface area contributed by atoms with Gasteiger partial charge in [0.2, 0.25) is 0 Å². The quantitative estimate of drug-likeness (QED) is 0.793. The molecule has 126 valence electrons. The number of fused-ring (bicyclic) bond motifs is 1. The van der Waals surface area contributed by atoms with Crippen LogP contribution in [-0.4, -0.2) is 49.2 Å². The first kappa shape index (κ1) is 15.3. The van der Waals surface area contributed by atoms with E-state index >= 15 is 0 Å². The van der Waals surface area contributed by atoms with E-state index in [0.29, 0.717) is 6.61 Å². The molecule has 1 N–H and O–H groups in total. The summed E-state index contributed by atoms with van der Waals surface area (Å²) in [6.45, 7) is 7.34. The summed E-state index contributed by atoms with van der Waals surface area (Å²) in [5, 5.41) is 7.26. The van der Waals surface area contributed by atoms with E-state index in [2.05, 4.69) is 50.6 Å². The van der Waals surface area contributed by atoms with Gasteiger partial charge in [0.15, 0.2) is 5.82 Å². The number of rotatable bonds is 4. The lowest BCUT2D eigenvalue weighted by atomic mass is 10.2. The van der Waals surface area contributed by atoms with Gasteiger partial charge in [0.05, 0.1) is 12.3 Å². The van der Waals surface area contributed by atoms with Crippen molar-refractivity contribution in [1.82, 2.24) is 29.5 Å². The summed E-state index contributed by atoms with van der Waals surface area (Å²) in [6.07, 6.45) is 2.90. The lowest BCUT2D eigenvalue weighted by Gasteiger charge is -2.30. The van der Waals surface area contributed by atoms with Gasteiger partial charge in [-0.15, -0.1) is 0 Å². The van der Waals surface area contributed by atoms with E-state index in [1.807, 2.05) is 12.1 Å². The number of imidazole rings is 1. The Bertz CT molecular complexity index is 839. The summed E-state index contributed by atoms with van der Waals surface area (Å²) in [5.41, 5.74) is 3.27. The maximum atomic E-state index is 5.86. The highest BCUT2D eigenvalue weighted by Gasteiger charge is 2.25. The van der Waals surface area contributed by atoms with Crippen LogP contribution in [0.25, 0.3) is 5.65 Å². The van der Waals surface area contributed by atoms with Crippen molar-refractivity contribution >= 4 is 5.65 Å². The molecule has 0 amide bonds. The molecule has 1 aliphatic heterocycles. The Kier molecular flexibility index (Phi) is 4.03. The van der Waals surface area contributed by atoms with Gasteiger partial charge in [-0.3, -0.25) is 10.00 Å². The molecule has 24 heavy (non-hydrogen) atoms. The normalized spacial score (nSPS) is 19.2. The highest BCUT2D eigenvalue weighted by atomic mass is 16.5. The molecule has 0 aromatic carbocycles. The fraction of sp³-hybridized carbons (Fsp3) is 0.471. The number of hydrogen-bond donors (Lipinski definition) is 1. The van der Waals surface area contributed by atoms with Crippen LogP contribution in [0, 0.1) is 6.92 Å². The van der Waals surface area contributed by atoms with Crippen molar-refractivity contribution in [2.75, 3.05) is 19.7 Å². The average Bonchev–Trinajstić information content (AvgIpc) is 3.22. The number of aromatic amines is 1. The fourth-order valence-corrected chi connectivity index (χ4v) is 3.12. The second kappa shape index (κ2) is 6.33. The van der Waals surface area contributed by atoms with Crippen LogP contribution < -0.4 is 0 Å². The molecule has 3 aromatic heterocycles. The minimum atomic E-state index is -0.0749. The minimum Gasteiger partial charge on any atom is -0.367 e. The minimum absolute atomic E-state index is 0.0749. The van der Waals surface area contributed by atoms with Gasteiger partial charge in [-0.25, -0.2) is 9.97 Å². The van der Waals surface area contributed by atoms with Crippen molar-refractivity contribution in [2.24, 2.45) is 0 Å². The number of morpholine rings is 1. The van der Waals surface area contributed by atoms with Gasteiger partial charge in [0, 0.05) is 37.9 Å². The Morgan fingerprint density at radius 1 is 1.33 bits per heavy atom. The molecule has 0 radical (unpaired) electrons. The van der Waals surface area contributed by atoms with Crippen LogP contribution in [0.5, 0.6) is 0 Å². The predicted molar refractivity (Wildman–Crippen MR) is 89.7 cm³/mol. The van der Waals surface area contributed by atoms with Gasteiger partial charge in [-0.05, 0) is 19.1 Å². The summed E-state index contributed by atoms with van der Waals surface area (Å²) >= 11 is 0. The summed E-state index contributed by atoms with van der Waals surface area (Å²) in [7, 11) is 0. The molecule has 1 atom stereocenters. The zero-order valence-corrected chi connectivity index (χ0v) is 14.1. The number of ether oxygens (including phenoxy) is 1. The maximum Gasteiger partial charge on any atom is 0.180 e. The Morgan fingerprint density at radius 3 is 3.04 bits per heavy atom. The predicted octanol–water partition coefficient (Wildman–Crippen LogP) is 1.90. The number of hydrogen-bond acceptors (Lipinski definition) is 5. The largest absolute Gasteiger partial charge is 0.367 e. The van der Waals surface area contributed by atoms with E-state index in [4.69, 9.17) is 9.72 Å².